The number of fused-ring (bicyclic) bond motifs is 1. The third-order valence-corrected chi connectivity index (χ3v) is 8.46. The fourth-order valence-corrected chi connectivity index (χ4v) is 6.28. The van der Waals surface area contributed by atoms with Crippen LogP contribution in [0.4, 0.5) is 0 Å². The van der Waals surface area contributed by atoms with Crippen LogP contribution in [0, 0.1) is 0 Å². The Morgan fingerprint density at radius 1 is 0.889 bits per heavy atom. The number of carbonyl (C=O) groups excluding carboxylic acids is 2. The predicted octanol–water partition coefficient (Wildman–Crippen LogP) is 5.02. The van der Waals surface area contributed by atoms with Gasteiger partial charge in [0.2, 0.25) is 5.91 Å². The summed E-state index contributed by atoms with van der Waals surface area (Å²) in [5.74, 6) is 0.219. The van der Waals surface area contributed by atoms with Gasteiger partial charge in [0.05, 0.1) is 12.6 Å². The highest BCUT2D eigenvalue weighted by Crippen LogP contribution is 2.37. The third kappa shape index (κ3) is 5.40. The first-order valence-corrected chi connectivity index (χ1v) is 14.0. The van der Waals surface area contributed by atoms with E-state index in [1.54, 1.807) is 0 Å². The summed E-state index contributed by atoms with van der Waals surface area (Å²) in [6.45, 7) is 5.82. The Labute approximate surface area is 218 Å². The van der Waals surface area contributed by atoms with Crippen LogP contribution in [0.2, 0.25) is 0 Å². The number of thiophene rings is 1. The molecule has 36 heavy (non-hydrogen) atoms. The number of rotatable bonds is 7. The first kappa shape index (κ1) is 24.7. The molecule has 1 aromatic heterocycles. The average molecular weight is 502 g/mol. The van der Waals surface area contributed by atoms with Crippen molar-refractivity contribution in [2.24, 2.45) is 0 Å². The molecule has 3 heterocycles. The van der Waals surface area contributed by atoms with E-state index in [4.69, 9.17) is 0 Å². The second kappa shape index (κ2) is 11.4. The molecule has 0 aliphatic carbocycles. The molecule has 6 heteroatoms. The van der Waals surface area contributed by atoms with Gasteiger partial charge in [-0.05, 0) is 59.5 Å². The third-order valence-electron chi connectivity index (χ3n) is 7.46. The molecule has 188 valence electrons. The van der Waals surface area contributed by atoms with E-state index < -0.39 is 0 Å². The van der Waals surface area contributed by atoms with Crippen molar-refractivity contribution in [3.63, 3.8) is 0 Å². The zero-order valence-electron chi connectivity index (χ0n) is 21.1. The lowest BCUT2D eigenvalue weighted by Gasteiger charge is -2.39. The lowest BCUT2D eigenvalue weighted by molar-refractivity contribution is -0.134. The maximum Gasteiger partial charge on any atom is 0.253 e. The van der Waals surface area contributed by atoms with Gasteiger partial charge in [0, 0.05) is 43.2 Å². The monoisotopic (exact) mass is 501 g/mol. The van der Waals surface area contributed by atoms with E-state index in [-0.39, 0.29) is 17.9 Å². The van der Waals surface area contributed by atoms with E-state index in [1.165, 1.54) is 34.4 Å². The Morgan fingerprint density at radius 3 is 2.33 bits per heavy atom. The Morgan fingerprint density at radius 2 is 1.61 bits per heavy atom. The minimum atomic E-state index is 0.0642. The van der Waals surface area contributed by atoms with Crippen LogP contribution in [0.1, 0.15) is 57.7 Å². The number of aryl methyl sites for hydroxylation is 1. The zero-order valence-corrected chi connectivity index (χ0v) is 21.9. The van der Waals surface area contributed by atoms with Gasteiger partial charge in [-0.1, -0.05) is 55.8 Å². The van der Waals surface area contributed by atoms with Gasteiger partial charge in [0.1, 0.15) is 0 Å². The zero-order chi connectivity index (χ0) is 24.9. The molecular weight excluding hydrogens is 466 g/mol. The largest absolute Gasteiger partial charge is 0.338 e. The minimum absolute atomic E-state index is 0.0642. The second-order valence-electron chi connectivity index (χ2n) is 9.81. The second-order valence-corrected chi connectivity index (χ2v) is 10.8. The SMILES string of the molecule is CCCCc1ccc(C(=O)N2CCN(C(=O)CN3CCc4sccc4[C@H]3c3ccccc3)CC2)cc1. The van der Waals surface area contributed by atoms with Crippen molar-refractivity contribution in [1.82, 2.24) is 14.7 Å². The summed E-state index contributed by atoms with van der Waals surface area (Å²) in [6.07, 6.45) is 4.38. The lowest BCUT2D eigenvalue weighted by atomic mass is 9.93. The molecule has 0 spiro atoms. The van der Waals surface area contributed by atoms with Gasteiger partial charge in [-0.3, -0.25) is 14.5 Å². The summed E-state index contributed by atoms with van der Waals surface area (Å²) < 4.78 is 0. The van der Waals surface area contributed by atoms with E-state index in [1.807, 2.05) is 39.3 Å². The van der Waals surface area contributed by atoms with Crippen LogP contribution < -0.4 is 0 Å². The Hall–Kier alpha value is -2.96. The van der Waals surface area contributed by atoms with Crippen LogP contribution in [-0.4, -0.2) is 65.8 Å². The lowest BCUT2D eigenvalue weighted by Crippen LogP contribution is -2.53. The van der Waals surface area contributed by atoms with E-state index in [9.17, 15) is 9.59 Å². The molecule has 0 radical (unpaired) electrons. The maximum absolute atomic E-state index is 13.3. The maximum atomic E-state index is 13.3. The van der Waals surface area contributed by atoms with Crippen molar-refractivity contribution in [2.45, 2.75) is 38.6 Å². The summed E-state index contributed by atoms with van der Waals surface area (Å²) in [5.41, 5.74) is 4.59. The molecule has 2 aliphatic heterocycles. The van der Waals surface area contributed by atoms with Crippen LogP contribution in [-0.2, 0) is 17.6 Å². The van der Waals surface area contributed by atoms with Crippen molar-refractivity contribution in [3.05, 3.63) is 93.2 Å². The highest BCUT2D eigenvalue weighted by atomic mass is 32.1. The molecule has 2 aliphatic rings. The number of carbonyl (C=O) groups is 2. The van der Waals surface area contributed by atoms with Crippen LogP contribution in [0.3, 0.4) is 0 Å². The van der Waals surface area contributed by atoms with E-state index in [2.05, 4.69) is 59.7 Å². The number of hydrogen-bond donors (Lipinski definition) is 0. The van der Waals surface area contributed by atoms with Gasteiger partial charge in [-0.25, -0.2) is 0 Å². The van der Waals surface area contributed by atoms with Crippen molar-refractivity contribution < 1.29 is 9.59 Å². The average Bonchev–Trinajstić information content (AvgIpc) is 3.41. The van der Waals surface area contributed by atoms with E-state index in [0.29, 0.717) is 32.7 Å². The van der Waals surface area contributed by atoms with Crippen molar-refractivity contribution in [2.75, 3.05) is 39.3 Å². The standard InChI is InChI=1S/C30H35N3O2S/c1-2-3-7-23-10-12-25(13-11-23)30(35)32-19-17-31(18-20-32)28(34)22-33-16-14-27-26(15-21-36-27)29(33)24-8-5-4-6-9-24/h4-6,8-13,15,21,29H,2-3,7,14,16-20,22H2,1H3/t29-/m1/s1. The van der Waals surface area contributed by atoms with Gasteiger partial charge in [0.25, 0.3) is 5.91 Å². The van der Waals surface area contributed by atoms with Crippen LogP contribution >= 0.6 is 11.3 Å². The quantitative estimate of drug-likeness (QED) is 0.457. The van der Waals surface area contributed by atoms with E-state index in [0.717, 1.165) is 24.9 Å². The normalized spacial score (nSPS) is 18.2. The molecule has 3 aromatic rings. The molecule has 5 rings (SSSR count). The smallest absolute Gasteiger partial charge is 0.253 e. The molecule has 0 bridgehead atoms. The van der Waals surface area contributed by atoms with Gasteiger partial charge in [0.15, 0.2) is 0 Å². The molecule has 2 aromatic carbocycles. The highest BCUT2D eigenvalue weighted by Gasteiger charge is 2.33. The fourth-order valence-electron chi connectivity index (χ4n) is 5.37. The molecule has 2 amide bonds. The van der Waals surface area contributed by atoms with E-state index >= 15 is 0 Å². The van der Waals surface area contributed by atoms with Gasteiger partial charge < -0.3 is 9.80 Å². The Kier molecular flexibility index (Phi) is 7.83. The Bertz CT molecular complexity index is 1170. The van der Waals surface area contributed by atoms with Crippen molar-refractivity contribution in [1.29, 1.82) is 0 Å². The molecule has 1 fully saturated rings. The number of piperazine rings is 1. The molecule has 5 nitrogen and oxygen atoms in total. The fraction of sp³-hybridized carbons (Fsp3) is 0.400. The molecule has 0 unspecified atom stereocenters. The summed E-state index contributed by atoms with van der Waals surface area (Å²) in [4.78, 5) is 33.9. The Balaban J connectivity index is 1.19. The number of nitrogens with zero attached hydrogens (tertiary/aromatic N) is 3. The van der Waals surface area contributed by atoms with Gasteiger partial charge in [-0.2, -0.15) is 0 Å². The van der Waals surface area contributed by atoms with Gasteiger partial charge >= 0.3 is 0 Å². The molecular formula is C30H35N3O2S. The number of benzene rings is 2. The van der Waals surface area contributed by atoms with Crippen molar-refractivity contribution >= 4 is 23.2 Å². The summed E-state index contributed by atoms with van der Waals surface area (Å²) in [5, 5.41) is 2.17. The molecule has 0 N–H and O–H groups in total. The molecule has 1 saturated heterocycles. The highest BCUT2D eigenvalue weighted by molar-refractivity contribution is 7.10. The molecule has 0 saturated carbocycles. The van der Waals surface area contributed by atoms with Crippen LogP contribution in [0.5, 0.6) is 0 Å². The number of hydrogen-bond acceptors (Lipinski definition) is 4. The summed E-state index contributed by atoms with van der Waals surface area (Å²) in [6, 6.07) is 20.9. The predicted molar refractivity (Wildman–Crippen MR) is 145 cm³/mol. The minimum Gasteiger partial charge on any atom is -0.338 e. The first-order chi connectivity index (χ1) is 17.6. The van der Waals surface area contributed by atoms with Crippen molar-refractivity contribution in [3.8, 4) is 0 Å². The first-order valence-electron chi connectivity index (χ1n) is 13.2. The molecule has 1 atom stereocenters. The summed E-state index contributed by atoms with van der Waals surface area (Å²) in [7, 11) is 0. The van der Waals surface area contributed by atoms with Gasteiger partial charge in [-0.15, -0.1) is 11.3 Å². The van der Waals surface area contributed by atoms with Crippen LogP contribution in [0.25, 0.3) is 0 Å². The number of unbranched alkanes of at least 4 members (excludes halogenated alkanes) is 1. The summed E-state index contributed by atoms with van der Waals surface area (Å²) >= 11 is 1.82. The topological polar surface area (TPSA) is 43.9 Å². The number of amides is 2. The van der Waals surface area contributed by atoms with Crippen LogP contribution in [0.15, 0.2) is 66.0 Å².